The molecule has 0 unspecified atom stereocenters. The van der Waals surface area contributed by atoms with Crippen LogP contribution in [0.1, 0.15) is 11.3 Å². The van der Waals surface area contributed by atoms with Gasteiger partial charge in [-0.25, -0.2) is 0 Å². The highest BCUT2D eigenvalue weighted by atomic mass is 32.1. The summed E-state index contributed by atoms with van der Waals surface area (Å²) in [6, 6.07) is 0. The highest BCUT2D eigenvalue weighted by Crippen LogP contribution is 2.16. The Morgan fingerprint density at radius 2 is 2.20 bits per heavy atom. The molecule has 0 aromatic carbocycles. The molecule has 104 valence electrons. The van der Waals surface area contributed by atoms with E-state index in [1.807, 2.05) is 6.92 Å². The number of rotatable bonds is 3. The molecule has 0 saturated carbocycles. The summed E-state index contributed by atoms with van der Waals surface area (Å²) in [6.07, 6.45) is 4.82. The van der Waals surface area contributed by atoms with E-state index in [1.165, 1.54) is 11.0 Å². The van der Waals surface area contributed by atoms with Gasteiger partial charge in [-0.3, -0.25) is 24.5 Å². The number of nitrogens with one attached hydrogen (secondary N) is 1. The Morgan fingerprint density at radius 3 is 2.75 bits per heavy atom. The van der Waals surface area contributed by atoms with E-state index in [4.69, 9.17) is 12.2 Å². The summed E-state index contributed by atoms with van der Waals surface area (Å²) in [7, 11) is 1.77. The maximum Gasteiger partial charge on any atom is 0.265 e. The lowest BCUT2D eigenvalue weighted by atomic mass is 10.1. The molecule has 1 saturated heterocycles. The van der Waals surface area contributed by atoms with Crippen molar-refractivity contribution in [2.75, 3.05) is 6.54 Å². The Kier molecular flexibility index (Phi) is 3.80. The van der Waals surface area contributed by atoms with Gasteiger partial charge in [-0.05, 0) is 25.2 Å². The number of carbonyl (C=O) groups is 2. The average Bonchev–Trinajstić information content (AvgIpc) is 2.68. The monoisotopic (exact) mass is 290 g/mol. The van der Waals surface area contributed by atoms with E-state index < -0.39 is 11.8 Å². The van der Waals surface area contributed by atoms with Crippen molar-refractivity contribution >= 4 is 35.2 Å². The number of nitrogens with zero attached hydrogens (tertiary/aromatic N) is 3. The van der Waals surface area contributed by atoms with Gasteiger partial charge in [0.15, 0.2) is 5.11 Å². The minimum atomic E-state index is -0.497. The Labute approximate surface area is 121 Å². The molecule has 1 aliphatic rings. The zero-order chi connectivity index (χ0) is 14.9. The first-order chi connectivity index (χ1) is 9.43. The first kappa shape index (κ1) is 14.1. The molecular formula is C13H14N4O2S. The Morgan fingerprint density at radius 1 is 1.50 bits per heavy atom. The van der Waals surface area contributed by atoms with Crippen LogP contribution in [-0.2, 0) is 16.6 Å². The quantitative estimate of drug-likeness (QED) is 0.382. The van der Waals surface area contributed by atoms with Gasteiger partial charge in [0.1, 0.15) is 5.57 Å². The van der Waals surface area contributed by atoms with Gasteiger partial charge in [0.25, 0.3) is 11.8 Å². The zero-order valence-electron chi connectivity index (χ0n) is 11.2. The maximum absolute atomic E-state index is 12.3. The van der Waals surface area contributed by atoms with Crippen molar-refractivity contribution in [1.82, 2.24) is 20.0 Å². The SMILES string of the molecule is C=CCN1C(=O)/C(=C\c2cn(C)nc2C)C(=O)NC1=S. The summed E-state index contributed by atoms with van der Waals surface area (Å²) in [5.41, 5.74) is 1.50. The second-order valence-corrected chi connectivity index (χ2v) is 4.75. The fraction of sp³-hybridized carbons (Fsp3) is 0.231. The molecule has 2 amide bonds. The summed E-state index contributed by atoms with van der Waals surface area (Å²) in [4.78, 5) is 25.5. The van der Waals surface area contributed by atoms with Gasteiger partial charge < -0.3 is 0 Å². The molecule has 2 heterocycles. The predicted octanol–water partition coefficient (Wildman–Crippen LogP) is 0.541. The summed E-state index contributed by atoms with van der Waals surface area (Å²) in [6.45, 7) is 5.63. The van der Waals surface area contributed by atoms with E-state index in [0.717, 1.165) is 11.3 Å². The number of hydrogen-bond donors (Lipinski definition) is 1. The molecule has 1 aromatic heterocycles. The molecule has 0 atom stereocenters. The zero-order valence-corrected chi connectivity index (χ0v) is 12.0. The largest absolute Gasteiger partial charge is 0.298 e. The molecule has 0 radical (unpaired) electrons. The molecule has 1 aromatic rings. The van der Waals surface area contributed by atoms with Crippen molar-refractivity contribution in [3.63, 3.8) is 0 Å². The summed E-state index contributed by atoms with van der Waals surface area (Å²) in [5.74, 6) is -0.925. The highest BCUT2D eigenvalue weighted by molar-refractivity contribution is 7.80. The standard InChI is InChI=1S/C13H14N4O2S/c1-4-5-17-12(19)10(11(18)14-13(17)20)6-9-7-16(3)15-8(9)2/h4,6-7H,1,5H2,2-3H3,(H,14,18,20)/b10-6-. The van der Waals surface area contributed by atoms with Gasteiger partial charge in [0.2, 0.25) is 0 Å². The van der Waals surface area contributed by atoms with Gasteiger partial charge in [-0.1, -0.05) is 6.08 Å². The van der Waals surface area contributed by atoms with Crippen LogP contribution in [0.4, 0.5) is 0 Å². The lowest BCUT2D eigenvalue weighted by Gasteiger charge is -2.27. The minimum Gasteiger partial charge on any atom is -0.298 e. The molecule has 0 spiro atoms. The summed E-state index contributed by atoms with van der Waals surface area (Å²) >= 11 is 4.98. The Hall–Kier alpha value is -2.28. The van der Waals surface area contributed by atoms with Gasteiger partial charge in [-0.15, -0.1) is 6.58 Å². The average molecular weight is 290 g/mol. The topological polar surface area (TPSA) is 67.2 Å². The van der Waals surface area contributed by atoms with Crippen molar-refractivity contribution in [2.24, 2.45) is 7.05 Å². The maximum atomic E-state index is 12.3. The number of aromatic nitrogens is 2. The van der Waals surface area contributed by atoms with Crippen LogP contribution in [0.3, 0.4) is 0 Å². The van der Waals surface area contributed by atoms with Crippen LogP contribution < -0.4 is 5.32 Å². The van der Waals surface area contributed by atoms with E-state index >= 15 is 0 Å². The van der Waals surface area contributed by atoms with E-state index in [-0.39, 0.29) is 17.2 Å². The third kappa shape index (κ3) is 2.53. The van der Waals surface area contributed by atoms with Crippen LogP contribution in [0.15, 0.2) is 24.4 Å². The Bertz CT molecular complexity index is 645. The Balaban J connectivity index is 2.41. The molecule has 1 fully saturated rings. The molecule has 0 aliphatic carbocycles. The molecule has 20 heavy (non-hydrogen) atoms. The van der Waals surface area contributed by atoms with Crippen LogP contribution in [0.25, 0.3) is 6.08 Å². The van der Waals surface area contributed by atoms with E-state index in [0.29, 0.717) is 0 Å². The van der Waals surface area contributed by atoms with Crippen molar-refractivity contribution in [2.45, 2.75) is 6.92 Å². The third-order valence-corrected chi connectivity index (χ3v) is 3.17. The number of aryl methyl sites for hydroxylation is 2. The van der Waals surface area contributed by atoms with Crippen molar-refractivity contribution in [1.29, 1.82) is 0 Å². The molecule has 2 rings (SSSR count). The third-order valence-electron chi connectivity index (χ3n) is 2.85. The molecule has 1 N–H and O–H groups in total. The van der Waals surface area contributed by atoms with Gasteiger partial charge in [0, 0.05) is 25.4 Å². The molecule has 1 aliphatic heterocycles. The predicted molar refractivity (Wildman–Crippen MR) is 78.6 cm³/mol. The van der Waals surface area contributed by atoms with Crippen LogP contribution in [-0.4, -0.2) is 38.2 Å². The van der Waals surface area contributed by atoms with Crippen LogP contribution in [0.2, 0.25) is 0 Å². The highest BCUT2D eigenvalue weighted by Gasteiger charge is 2.32. The van der Waals surface area contributed by atoms with Crippen LogP contribution in [0, 0.1) is 6.92 Å². The van der Waals surface area contributed by atoms with Crippen molar-refractivity contribution < 1.29 is 9.59 Å². The van der Waals surface area contributed by atoms with Gasteiger partial charge in [0.05, 0.1) is 5.69 Å². The lowest BCUT2D eigenvalue weighted by molar-refractivity contribution is -0.128. The van der Waals surface area contributed by atoms with E-state index in [9.17, 15) is 9.59 Å². The first-order valence-electron chi connectivity index (χ1n) is 5.94. The number of hydrogen-bond acceptors (Lipinski definition) is 4. The van der Waals surface area contributed by atoms with E-state index in [1.54, 1.807) is 24.0 Å². The number of thiocarbonyl (C=S) groups is 1. The smallest absolute Gasteiger partial charge is 0.265 e. The molecule has 7 heteroatoms. The minimum absolute atomic E-state index is 0.0385. The van der Waals surface area contributed by atoms with Crippen molar-refractivity contribution in [3.8, 4) is 0 Å². The number of carbonyl (C=O) groups excluding carboxylic acids is 2. The summed E-state index contributed by atoms with van der Waals surface area (Å²) in [5, 5.41) is 6.76. The lowest BCUT2D eigenvalue weighted by Crippen LogP contribution is -2.53. The molecule has 0 bridgehead atoms. The second-order valence-electron chi connectivity index (χ2n) is 4.37. The van der Waals surface area contributed by atoms with Crippen molar-refractivity contribution in [3.05, 3.63) is 35.7 Å². The second kappa shape index (κ2) is 5.38. The van der Waals surface area contributed by atoms with Crippen LogP contribution in [0.5, 0.6) is 0 Å². The van der Waals surface area contributed by atoms with Gasteiger partial charge in [-0.2, -0.15) is 5.10 Å². The summed E-state index contributed by atoms with van der Waals surface area (Å²) < 4.78 is 1.62. The molecule has 6 nitrogen and oxygen atoms in total. The molecular weight excluding hydrogens is 276 g/mol. The number of amides is 2. The normalized spacial score (nSPS) is 17.6. The van der Waals surface area contributed by atoms with Gasteiger partial charge >= 0.3 is 0 Å². The fourth-order valence-electron chi connectivity index (χ4n) is 1.90. The van der Waals surface area contributed by atoms with E-state index in [2.05, 4.69) is 17.0 Å². The van der Waals surface area contributed by atoms with Crippen LogP contribution >= 0.6 is 12.2 Å². The fourth-order valence-corrected chi connectivity index (χ4v) is 2.15. The first-order valence-corrected chi connectivity index (χ1v) is 6.35.